The SMILES string of the molecule is O=C(NCc1ccccc1)[C@@H]1CCCCN1. The summed E-state index contributed by atoms with van der Waals surface area (Å²) >= 11 is 0. The Morgan fingerprint density at radius 1 is 1.31 bits per heavy atom. The van der Waals surface area contributed by atoms with Crippen molar-refractivity contribution in [3.05, 3.63) is 35.9 Å². The fourth-order valence-corrected chi connectivity index (χ4v) is 1.98. The van der Waals surface area contributed by atoms with Gasteiger partial charge in [0.1, 0.15) is 0 Å². The van der Waals surface area contributed by atoms with Gasteiger partial charge in [-0.3, -0.25) is 4.79 Å². The number of amides is 1. The van der Waals surface area contributed by atoms with Crippen LogP contribution in [0.15, 0.2) is 30.3 Å². The van der Waals surface area contributed by atoms with E-state index in [1.54, 1.807) is 0 Å². The molecule has 16 heavy (non-hydrogen) atoms. The molecule has 1 atom stereocenters. The quantitative estimate of drug-likeness (QED) is 0.806. The smallest absolute Gasteiger partial charge is 0.237 e. The number of hydrogen-bond donors (Lipinski definition) is 2. The van der Waals surface area contributed by atoms with Crippen molar-refractivity contribution in [3.63, 3.8) is 0 Å². The molecular formula is C13H18N2O. The number of piperidine rings is 1. The minimum Gasteiger partial charge on any atom is -0.351 e. The van der Waals surface area contributed by atoms with Crippen LogP contribution >= 0.6 is 0 Å². The van der Waals surface area contributed by atoms with Crippen molar-refractivity contribution in [2.75, 3.05) is 6.54 Å². The molecule has 1 saturated heterocycles. The lowest BCUT2D eigenvalue weighted by molar-refractivity contribution is -0.123. The van der Waals surface area contributed by atoms with E-state index in [1.165, 1.54) is 6.42 Å². The number of benzene rings is 1. The van der Waals surface area contributed by atoms with Gasteiger partial charge in [-0.1, -0.05) is 36.8 Å². The molecule has 1 aromatic carbocycles. The molecule has 0 unspecified atom stereocenters. The summed E-state index contributed by atoms with van der Waals surface area (Å²) in [6.45, 7) is 1.58. The van der Waals surface area contributed by atoms with Crippen LogP contribution in [-0.4, -0.2) is 18.5 Å². The molecule has 0 spiro atoms. The van der Waals surface area contributed by atoms with E-state index in [1.807, 2.05) is 30.3 Å². The van der Waals surface area contributed by atoms with Crippen molar-refractivity contribution >= 4 is 5.91 Å². The Hall–Kier alpha value is -1.35. The van der Waals surface area contributed by atoms with Crippen molar-refractivity contribution in [2.45, 2.75) is 31.8 Å². The zero-order chi connectivity index (χ0) is 11.2. The lowest BCUT2D eigenvalue weighted by Gasteiger charge is -2.22. The number of nitrogens with one attached hydrogen (secondary N) is 2. The Kier molecular flexibility index (Phi) is 3.94. The molecule has 0 aromatic heterocycles. The Bertz CT molecular complexity index is 331. The van der Waals surface area contributed by atoms with Crippen LogP contribution < -0.4 is 10.6 Å². The first-order valence-corrected chi connectivity index (χ1v) is 5.91. The van der Waals surface area contributed by atoms with Gasteiger partial charge in [0, 0.05) is 6.54 Å². The number of carbonyl (C=O) groups is 1. The van der Waals surface area contributed by atoms with Crippen LogP contribution in [0.1, 0.15) is 24.8 Å². The molecule has 2 rings (SSSR count). The van der Waals surface area contributed by atoms with Crippen molar-refractivity contribution in [3.8, 4) is 0 Å². The molecule has 1 aliphatic rings. The van der Waals surface area contributed by atoms with E-state index in [0.29, 0.717) is 6.54 Å². The predicted octanol–water partition coefficient (Wildman–Crippen LogP) is 1.44. The van der Waals surface area contributed by atoms with Crippen LogP contribution in [0.25, 0.3) is 0 Å². The summed E-state index contributed by atoms with van der Waals surface area (Å²) in [5.41, 5.74) is 1.15. The topological polar surface area (TPSA) is 41.1 Å². The number of hydrogen-bond acceptors (Lipinski definition) is 2. The average molecular weight is 218 g/mol. The van der Waals surface area contributed by atoms with E-state index in [0.717, 1.165) is 24.9 Å². The van der Waals surface area contributed by atoms with Crippen LogP contribution in [-0.2, 0) is 11.3 Å². The normalized spacial score (nSPS) is 20.4. The van der Waals surface area contributed by atoms with Gasteiger partial charge in [-0.25, -0.2) is 0 Å². The maximum atomic E-state index is 11.8. The summed E-state index contributed by atoms with van der Waals surface area (Å²) in [6, 6.07) is 10.0. The first-order valence-electron chi connectivity index (χ1n) is 5.91. The molecule has 0 aliphatic carbocycles. The molecule has 0 bridgehead atoms. The Morgan fingerprint density at radius 3 is 2.81 bits per heavy atom. The van der Waals surface area contributed by atoms with Gasteiger partial charge in [-0.15, -0.1) is 0 Å². The van der Waals surface area contributed by atoms with Crippen LogP contribution in [0, 0.1) is 0 Å². The number of carbonyl (C=O) groups excluding carboxylic acids is 1. The lowest BCUT2D eigenvalue weighted by Crippen LogP contribution is -2.46. The lowest BCUT2D eigenvalue weighted by atomic mass is 10.0. The van der Waals surface area contributed by atoms with Crippen LogP contribution in [0.2, 0.25) is 0 Å². The van der Waals surface area contributed by atoms with Gasteiger partial charge in [0.15, 0.2) is 0 Å². The second kappa shape index (κ2) is 5.66. The summed E-state index contributed by atoms with van der Waals surface area (Å²) < 4.78 is 0. The molecule has 86 valence electrons. The summed E-state index contributed by atoms with van der Waals surface area (Å²) in [5.74, 6) is 0.128. The summed E-state index contributed by atoms with van der Waals surface area (Å²) in [6.07, 6.45) is 3.29. The van der Waals surface area contributed by atoms with Gasteiger partial charge >= 0.3 is 0 Å². The minimum absolute atomic E-state index is 0.0115. The molecule has 1 heterocycles. The highest BCUT2D eigenvalue weighted by molar-refractivity contribution is 5.81. The van der Waals surface area contributed by atoms with E-state index in [4.69, 9.17) is 0 Å². The standard InChI is InChI=1S/C13H18N2O/c16-13(12-8-4-5-9-14-12)15-10-11-6-2-1-3-7-11/h1-3,6-7,12,14H,4-5,8-10H2,(H,15,16)/t12-/m0/s1. The third kappa shape index (κ3) is 3.07. The Labute approximate surface area is 96.2 Å². The van der Waals surface area contributed by atoms with Gasteiger partial charge < -0.3 is 10.6 Å². The van der Waals surface area contributed by atoms with Gasteiger partial charge in [-0.2, -0.15) is 0 Å². The maximum Gasteiger partial charge on any atom is 0.237 e. The third-order valence-corrected chi connectivity index (χ3v) is 2.94. The van der Waals surface area contributed by atoms with Crippen LogP contribution in [0.5, 0.6) is 0 Å². The Balaban J connectivity index is 1.79. The van der Waals surface area contributed by atoms with E-state index in [9.17, 15) is 4.79 Å². The fourth-order valence-electron chi connectivity index (χ4n) is 1.98. The molecule has 0 saturated carbocycles. The molecule has 1 aromatic rings. The van der Waals surface area contributed by atoms with E-state index >= 15 is 0 Å². The Morgan fingerprint density at radius 2 is 2.12 bits per heavy atom. The number of rotatable bonds is 3. The molecule has 1 amide bonds. The molecule has 1 aliphatic heterocycles. The first-order chi connectivity index (χ1) is 7.86. The van der Waals surface area contributed by atoms with Crippen LogP contribution in [0.4, 0.5) is 0 Å². The average Bonchev–Trinajstić information content (AvgIpc) is 2.38. The van der Waals surface area contributed by atoms with Crippen LogP contribution in [0.3, 0.4) is 0 Å². The van der Waals surface area contributed by atoms with Gasteiger partial charge in [0.05, 0.1) is 6.04 Å². The fraction of sp³-hybridized carbons (Fsp3) is 0.462. The summed E-state index contributed by atoms with van der Waals surface area (Å²) in [7, 11) is 0. The minimum atomic E-state index is 0.0115. The van der Waals surface area contributed by atoms with E-state index < -0.39 is 0 Å². The van der Waals surface area contributed by atoms with E-state index in [-0.39, 0.29) is 11.9 Å². The second-order valence-corrected chi connectivity index (χ2v) is 4.21. The van der Waals surface area contributed by atoms with Crippen molar-refractivity contribution in [1.82, 2.24) is 10.6 Å². The molecular weight excluding hydrogens is 200 g/mol. The first kappa shape index (κ1) is 11.1. The summed E-state index contributed by atoms with van der Waals surface area (Å²) in [4.78, 5) is 11.8. The van der Waals surface area contributed by atoms with Gasteiger partial charge in [0.25, 0.3) is 0 Å². The molecule has 2 N–H and O–H groups in total. The van der Waals surface area contributed by atoms with Crippen molar-refractivity contribution in [2.24, 2.45) is 0 Å². The highest BCUT2D eigenvalue weighted by Crippen LogP contribution is 2.07. The van der Waals surface area contributed by atoms with Crippen molar-refractivity contribution in [1.29, 1.82) is 0 Å². The maximum absolute atomic E-state index is 11.8. The van der Waals surface area contributed by atoms with Crippen molar-refractivity contribution < 1.29 is 4.79 Å². The van der Waals surface area contributed by atoms with Gasteiger partial charge in [0.2, 0.25) is 5.91 Å². The predicted molar refractivity (Wildman–Crippen MR) is 63.9 cm³/mol. The molecule has 3 heteroatoms. The zero-order valence-electron chi connectivity index (χ0n) is 9.41. The zero-order valence-corrected chi connectivity index (χ0v) is 9.41. The van der Waals surface area contributed by atoms with E-state index in [2.05, 4.69) is 10.6 Å². The molecule has 0 radical (unpaired) electrons. The molecule has 3 nitrogen and oxygen atoms in total. The highest BCUT2D eigenvalue weighted by Gasteiger charge is 2.19. The highest BCUT2D eigenvalue weighted by atomic mass is 16.2. The third-order valence-electron chi connectivity index (χ3n) is 2.94. The largest absolute Gasteiger partial charge is 0.351 e. The second-order valence-electron chi connectivity index (χ2n) is 4.21. The molecule has 1 fully saturated rings. The van der Waals surface area contributed by atoms with Gasteiger partial charge in [-0.05, 0) is 24.9 Å². The summed E-state index contributed by atoms with van der Waals surface area (Å²) in [5, 5.41) is 6.21. The monoisotopic (exact) mass is 218 g/mol.